The average molecular weight is 318 g/mol. The molecule has 0 unspecified atom stereocenters. The van der Waals surface area contributed by atoms with E-state index in [9.17, 15) is 14.8 Å². The molecule has 1 amide bonds. The molecule has 1 saturated carbocycles. The van der Waals surface area contributed by atoms with Crippen molar-refractivity contribution in [3.8, 4) is 0 Å². The Bertz CT molecular complexity index is 588. The van der Waals surface area contributed by atoms with E-state index in [1.807, 2.05) is 4.90 Å². The molecule has 0 N–H and O–H groups in total. The lowest BCUT2D eigenvalue weighted by Crippen LogP contribution is -2.51. The van der Waals surface area contributed by atoms with Crippen LogP contribution in [0.4, 0.5) is 0 Å². The number of hydrogen-bond acceptors (Lipinski definition) is 4. The van der Waals surface area contributed by atoms with Crippen LogP contribution in [0.25, 0.3) is 0 Å². The zero-order chi connectivity index (χ0) is 16.2. The number of nitrogens with zero attached hydrogens (tertiary/aromatic N) is 2. The van der Waals surface area contributed by atoms with Gasteiger partial charge in [-0.3, -0.25) is 4.79 Å². The summed E-state index contributed by atoms with van der Waals surface area (Å²) in [5.41, 5.74) is -0.102. The molecule has 1 aromatic rings. The number of fused-ring (bicyclic) bond motifs is 1. The number of rotatable bonds is 3. The first kappa shape index (κ1) is 15.8. The molecule has 0 aromatic carbocycles. The van der Waals surface area contributed by atoms with Gasteiger partial charge in [-0.15, -0.1) is 0 Å². The Morgan fingerprint density at radius 2 is 2.00 bits per heavy atom. The van der Waals surface area contributed by atoms with E-state index in [2.05, 4.69) is 0 Å². The van der Waals surface area contributed by atoms with Gasteiger partial charge in [0, 0.05) is 24.7 Å². The van der Waals surface area contributed by atoms with Gasteiger partial charge in [-0.25, -0.2) is 4.79 Å². The van der Waals surface area contributed by atoms with Crippen LogP contribution < -0.4 is 4.73 Å². The van der Waals surface area contributed by atoms with Gasteiger partial charge in [-0.1, -0.05) is 12.8 Å². The lowest BCUT2D eigenvalue weighted by atomic mass is 9.78. The highest BCUT2D eigenvalue weighted by Gasteiger charge is 2.36. The first-order valence-corrected chi connectivity index (χ1v) is 8.31. The third kappa shape index (κ3) is 3.46. The van der Waals surface area contributed by atoms with Crippen LogP contribution in [0, 0.1) is 11.1 Å². The summed E-state index contributed by atoms with van der Waals surface area (Å²) in [6, 6.07) is 4.80. The lowest BCUT2D eigenvalue weighted by Gasteiger charge is -2.44. The molecule has 0 spiro atoms. The minimum atomic E-state index is -0.758. The number of aromatic nitrogens is 1. The van der Waals surface area contributed by atoms with Crippen molar-refractivity contribution in [1.29, 1.82) is 0 Å². The Morgan fingerprint density at radius 1 is 1.22 bits per heavy atom. The molecule has 1 aliphatic carbocycles. The molecule has 2 aliphatic rings. The number of hydrogen-bond donors (Lipinski definition) is 0. The number of piperidine rings is 1. The summed E-state index contributed by atoms with van der Waals surface area (Å²) in [5.74, 6) is -0.315. The van der Waals surface area contributed by atoms with Crippen molar-refractivity contribution in [2.24, 2.45) is 5.92 Å². The maximum atomic E-state index is 12.4. The summed E-state index contributed by atoms with van der Waals surface area (Å²) in [6.45, 7) is 0.446. The van der Waals surface area contributed by atoms with Gasteiger partial charge in [0.1, 0.15) is 0 Å². The molecule has 2 atom stereocenters. The molecule has 1 saturated heterocycles. The van der Waals surface area contributed by atoms with Crippen molar-refractivity contribution in [2.45, 2.75) is 44.6 Å². The van der Waals surface area contributed by atoms with Gasteiger partial charge in [-0.05, 0) is 37.7 Å². The van der Waals surface area contributed by atoms with E-state index in [-0.39, 0.29) is 18.2 Å². The van der Waals surface area contributed by atoms with Crippen molar-refractivity contribution >= 4 is 11.9 Å². The number of carbonyl (C=O) groups excluding carboxylic acids is 2. The van der Waals surface area contributed by atoms with Crippen LogP contribution in [-0.4, -0.2) is 36.0 Å². The summed E-state index contributed by atoms with van der Waals surface area (Å²) in [5, 5.41) is 11.5. The highest BCUT2D eigenvalue weighted by atomic mass is 16.5. The Labute approximate surface area is 135 Å². The number of likely N-dealkylation sites (tertiary alicyclic amines) is 1. The van der Waals surface area contributed by atoms with E-state index in [1.54, 1.807) is 6.07 Å². The van der Waals surface area contributed by atoms with Crippen LogP contribution in [0.15, 0.2) is 24.4 Å². The molecular formula is C17H22N2O4. The van der Waals surface area contributed by atoms with Gasteiger partial charge in [0.2, 0.25) is 0 Å². The molecular weight excluding hydrogens is 296 g/mol. The van der Waals surface area contributed by atoms with Gasteiger partial charge < -0.3 is 14.8 Å². The minimum Gasteiger partial charge on any atom is -0.618 e. The molecule has 6 heteroatoms. The van der Waals surface area contributed by atoms with Gasteiger partial charge >= 0.3 is 11.7 Å². The zero-order valence-corrected chi connectivity index (χ0v) is 13.1. The highest BCUT2D eigenvalue weighted by molar-refractivity contribution is 5.88. The molecule has 1 aromatic heterocycles. The average Bonchev–Trinajstić information content (AvgIpc) is 2.59. The number of carbonyl (C=O) groups is 2. The Hall–Kier alpha value is -2.11. The largest absolute Gasteiger partial charge is 0.618 e. The fourth-order valence-electron chi connectivity index (χ4n) is 3.80. The summed E-state index contributed by atoms with van der Waals surface area (Å²) in [7, 11) is 0. The maximum absolute atomic E-state index is 12.4. The van der Waals surface area contributed by atoms with Crippen molar-refractivity contribution in [1.82, 2.24) is 4.90 Å². The van der Waals surface area contributed by atoms with E-state index in [1.165, 1.54) is 37.6 Å². The second-order valence-corrected chi connectivity index (χ2v) is 6.33. The predicted molar refractivity (Wildman–Crippen MR) is 82.4 cm³/mol. The number of esters is 1. The van der Waals surface area contributed by atoms with Gasteiger partial charge in [-0.2, -0.15) is 4.73 Å². The smallest absolute Gasteiger partial charge is 0.405 e. The fourth-order valence-corrected chi connectivity index (χ4v) is 3.80. The van der Waals surface area contributed by atoms with Crippen molar-refractivity contribution in [3.05, 3.63) is 35.3 Å². The predicted octanol–water partition coefficient (Wildman–Crippen LogP) is 1.66. The summed E-state index contributed by atoms with van der Waals surface area (Å²) in [6.07, 6.45) is 8.07. The third-order valence-electron chi connectivity index (χ3n) is 4.92. The Morgan fingerprint density at radius 3 is 2.83 bits per heavy atom. The van der Waals surface area contributed by atoms with Crippen LogP contribution in [0.1, 0.15) is 49.0 Å². The lowest BCUT2D eigenvalue weighted by molar-refractivity contribution is -0.608. The van der Waals surface area contributed by atoms with Crippen LogP contribution >= 0.6 is 0 Å². The van der Waals surface area contributed by atoms with Gasteiger partial charge in [0.15, 0.2) is 12.8 Å². The second-order valence-electron chi connectivity index (χ2n) is 6.33. The molecule has 6 nitrogen and oxygen atoms in total. The van der Waals surface area contributed by atoms with Crippen LogP contribution in [0.5, 0.6) is 0 Å². The monoisotopic (exact) mass is 318 g/mol. The first-order valence-electron chi connectivity index (χ1n) is 8.31. The van der Waals surface area contributed by atoms with E-state index >= 15 is 0 Å². The number of ether oxygens (including phenoxy) is 1. The first-order chi connectivity index (χ1) is 11.2. The van der Waals surface area contributed by atoms with Crippen LogP contribution in [-0.2, 0) is 9.53 Å². The van der Waals surface area contributed by atoms with E-state index < -0.39 is 5.97 Å². The SMILES string of the molecule is O=C(OCC(=O)N1CCC[C@@H]2CCCC[C@H]21)c1cccc[n+]1[O-]. The van der Waals surface area contributed by atoms with Crippen LogP contribution in [0.2, 0.25) is 0 Å². The standard InChI is InChI=1S/C17H22N2O4/c20-16(12-23-17(21)15-9-3-4-11-19(15)22)18-10-5-7-13-6-1-2-8-14(13)18/h3-4,9,11,13-14H,1-2,5-8,10,12H2/t13-,14+/m0/s1. The number of amides is 1. The maximum Gasteiger partial charge on any atom is 0.405 e. The Kier molecular flexibility index (Phi) is 4.79. The fraction of sp³-hybridized carbons (Fsp3) is 0.588. The molecule has 23 heavy (non-hydrogen) atoms. The van der Waals surface area contributed by atoms with Crippen molar-refractivity contribution < 1.29 is 19.1 Å². The summed E-state index contributed by atoms with van der Waals surface area (Å²) in [4.78, 5) is 26.2. The molecule has 2 heterocycles. The van der Waals surface area contributed by atoms with E-state index in [4.69, 9.17) is 4.74 Å². The summed E-state index contributed by atoms with van der Waals surface area (Å²) < 4.78 is 5.50. The molecule has 3 rings (SSSR count). The van der Waals surface area contributed by atoms with Gasteiger partial charge in [0.25, 0.3) is 5.91 Å². The molecule has 0 radical (unpaired) electrons. The normalized spacial score (nSPS) is 23.9. The topological polar surface area (TPSA) is 73.6 Å². The second kappa shape index (κ2) is 6.98. The van der Waals surface area contributed by atoms with E-state index in [0.29, 0.717) is 16.7 Å². The van der Waals surface area contributed by atoms with Crippen molar-refractivity contribution in [3.63, 3.8) is 0 Å². The van der Waals surface area contributed by atoms with Crippen LogP contribution in [0.3, 0.4) is 0 Å². The third-order valence-corrected chi connectivity index (χ3v) is 4.92. The van der Waals surface area contributed by atoms with E-state index in [0.717, 1.165) is 25.8 Å². The number of pyridine rings is 1. The molecule has 1 aliphatic heterocycles. The quantitative estimate of drug-likeness (QED) is 0.482. The summed E-state index contributed by atoms with van der Waals surface area (Å²) >= 11 is 0. The molecule has 0 bridgehead atoms. The Balaban J connectivity index is 1.58. The molecule has 124 valence electrons. The highest BCUT2D eigenvalue weighted by Crippen LogP contribution is 2.35. The zero-order valence-electron chi connectivity index (χ0n) is 13.1. The minimum absolute atomic E-state index is 0.102. The molecule has 2 fully saturated rings. The van der Waals surface area contributed by atoms with Crippen molar-refractivity contribution in [2.75, 3.05) is 13.2 Å². The van der Waals surface area contributed by atoms with Gasteiger partial charge in [0.05, 0.1) is 0 Å².